The lowest BCUT2D eigenvalue weighted by Crippen LogP contribution is -2.38. The van der Waals surface area contributed by atoms with E-state index in [1.807, 2.05) is 30.3 Å². The maximum atomic E-state index is 12.4. The van der Waals surface area contributed by atoms with Gasteiger partial charge in [0.25, 0.3) is 5.91 Å². The van der Waals surface area contributed by atoms with Crippen LogP contribution in [0.3, 0.4) is 0 Å². The smallest absolute Gasteiger partial charge is 0.273 e. The molecular formula is C20H24N6O2. The first-order chi connectivity index (χ1) is 13.7. The minimum atomic E-state index is -0.167. The average Bonchev–Trinajstić information content (AvgIpc) is 3.40. The number of hydrogen-bond acceptors (Lipinski definition) is 6. The monoisotopic (exact) mass is 380 g/mol. The number of nitrogens with zero attached hydrogens (tertiary/aromatic N) is 5. The van der Waals surface area contributed by atoms with Crippen LogP contribution in [0.1, 0.15) is 61.3 Å². The molecule has 8 nitrogen and oxygen atoms in total. The van der Waals surface area contributed by atoms with Crippen LogP contribution in [0.5, 0.6) is 0 Å². The van der Waals surface area contributed by atoms with Gasteiger partial charge in [-0.15, -0.1) is 10.2 Å². The summed E-state index contributed by atoms with van der Waals surface area (Å²) >= 11 is 0. The fraction of sp³-hybridized carbons (Fsp3) is 0.450. The van der Waals surface area contributed by atoms with Crippen molar-refractivity contribution in [2.24, 2.45) is 0 Å². The lowest BCUT2D eigenvalue weighted by molar-refractivity contribution is 0.0911. The molecule has 0 unspecified atom stereocenters. The van der Waals surface area contributed by atoms with Gasteiger partial charge in [-0.25, -0.2) is 0 Å². The van der Waals surface area contributed by atoms with Gasteiger partial charge in [0.05, 0.1) is 6.04 Å². The molecule has 8 heteroatoms. The van der Waals surface area contributed by atoms with Crippen molar-refractivity contribution in [2.75, 3.05) is 0 Å². The molecule has 1 saturated carbocycles. The van der Waals surface area contributed by atoms with E-state index in [1.54, 1.807) is 10.9 Å². The summed E-state index contributed by atoms with van der Waals surface area (Å²) in [4.78, 5) is 14.1. The maximum absolute atomic E-state index is 12.4. The van der Waals surface area contributed by atoms with Gasteiger partial charge in [0.15, 0.2) is 5.69 Å². The Balaban J connectivity index is 1.31. The summed E-state index contributed by atoms with van der Waals surface area (Å²) < 4.78 is 5.19. The highest BCUT2D eigenvalue weighted by Gasteiger charge is 2.26. The van der Waals surface area contributed by atoms with Gasteiger partial charge in [-0.1, -0.05) is 42.4 Å². The van der Waals surface area contributed by atoms with E-state index >= 15 is 0 Å². The number of benzene rings is 1. The lowest BCUT2D eigenvalue weighted by atomic mass is 9.91. The first-order valence-electron chi connectivity index (χ1n) is 9.84. The molecule has 1 amide bonds. The van der Waals surface area contributed by atoms with Crippen molar-refractivity contribution >= 4 is 5.91 Å². The Labute approximate surface area is 163 Å². The second-order valence-electron chi connectivity index (χ2n) is 7.21. The summed E-state index contributed by atoms with van der Waals surface area (Å²) in [6.07, 6.45) is 5.30. The molecule has 1 N–H and O–H groups in total. The van der Waals surface area contributed by atoms with Crippen LogP contribution in [-0.2, 0) is 6.42 Å². The predicted octanol–water partition coefficient (Wildman–Crippen LogP) is 3.19. The SMILES string of the molecule is CCCc1cc(C(=O)NC2CCC(n3nnc(-c4ccccc4)n3)CC2)no1. The summed E-state index contributed by atoms with van der Waals surface area (Å²) in [6, 6.07) is 11.9. The normalized spacial score (nSPS) is 19.5. The van der Waals surface area contributed by atoms with E-state index in [0.717, 1.165) is 49.8 Å². The third kappa shape index (κ3) is 4.11. The van der Waals surface area contributed by atoms with Crippen LogP contribution >= 0.6 is 0 Å². The Morgan fingerprint density at radius 3 is 2.75 bits per heavy atom. The average molecular weight is 380 g/mol. The van der Waals surface area contributed by atoms with E-state index in [0.29, 0.717) is 11.5 Å². The van der Waals surface area contributed by atoms with E-state index in [-0.39, 0.29) is 18.0 Å². The maximum Gasteiger partial charge on any atom is 0.273 e. The molecule has 1 aliphatic rings. The zero-order valence-electron chi connectivity index (χ0n) is 15.9. The molecule has 1 aromatic carbocycles. The molecule has 0 spiro atoms. The Morgan fingerprint density at radius 1 is 1.21 bits per heavy atom. The van der Waals surface area contributed by atoms with E-state index in [1.165, 1.54) is 0 Å². The van der Waals surface area contributed by atoms with E-state index in [9.17, 15) is 4.79 Å². The first-order valence-corrected chi connectivity index (χ1v) is 9.84. The molecule has 0 saturated heterocycles. The van der Waals surface area contributed by atoms with Crippen molar-refractivity contribution in [3.8, 4) is 11.4 Å². The summed E-state index contributed by atoms with van der Waals surface area (Å²) in [6.45, 7) is 2.06. The molecule has 4 rings (SSSR count). The molecule has 0 atom stereocenters. The quantitative estimate of drug-likeness (QED) is 0.705. The Kier molecular flexibility index (Phi) is 5.45. The van der Waals surface area contributed by atoms with Crippen molar-refractivity contribution in [3.05, 3.63) is 47.9 Å². The third-order valence-corrected chi connectivity index (χ3v) is 5.11. The van der Waals surface area contributed by atoms with Crippen molar-refractivity contribution in [1.82, 2.24) is 30.7 Å². The van der Waals surface area contributed by atoms with Crippen LogP contribution in [0, 0.1) is 0 Å². The van der Waals surface area contributed by atoms with Crippen molar-refractivity contribution in [3.63, 3.8) is 0 Å². The van der Waals surface area contributed by atoms with Crippen LogP contribution in [0.2, 0.25) is 0 Å². The van der Waals surface area contributed by atoms with Crippen molar-refractivity contribution < 1.29 is 9.32 Å². The zero-order chi connectivity index (χ0) is 19.3. The summed E-state index contributed by atoms with van der Waals surface area (Å²) in [5.41, 5.74) is 1.32. The molecule has 0 aliphatic heterocycles. The number of rotatable bonds is 6. The molecule has 1 aliphatic carbocycles. The predicted molar refractivity (Wildman–Crippen MR) is 103 cm³/mol. The van der Waals surface area contributed by atoms with Crippen LogP contribution in [-0.4, -0.2) is 37.3 Å². The van der Waals surface area contributed by atoms with Gasteiger partial charge in [0.2, 0.25) is 5.82 Å². The molecule has 3 aromatic rings. The number of nitrogens with one attached hydrogen (secondary N) is 1. The number of tetrazole rings is 1. The first kappa shape index (κ1) is 18.3. The fourth-order valence-electron chi connectivity index (χ4n) is 3.58. The Bertz CT molecular complexity index is 912. The molecule has 146 valence electrons. The minimum Gasteiger partial charge on any atom is -0.361 e. The largest absolute Gasteiger partial charge is 0.361 e. The van der Waals surface area contributed by atoms with Gasteiger partial charge in [-0.3, -0.25) is 4.79 Å². The van der Waals surface area contributed by atoms with Gasteiger partial charge in [-0.05, 0) is 37.3 Å². The van der Waals surface area contributed by atoms with Crippen LogP contribution in [0.25, 0.3) is 11.4 Å². The molecule has 0 radical (unpaired) electrons. The van der Waals surface area contributed by atoms with Gasteiger partial charge < -0.3 is 9.84 Å². The highest BCUT2D eigenvalue weighted by molar-refractivity contribution is 5.92. The van der Waals surface area contributed by atoms with Crippen molar-refractivity contribution in [2.45, 2.75) is 57.5 Å². The van der Waals surface area contributed by atoms with Crippen molar-refractivity contribution in [1.29, 1.82) is 0 Å². The van der Waals surface area contributed by atoms with Crippen LogP contribution < -0.4 is 5.32 Å². The number of aryl methyl sites for hydroxylation is 1. The van der Waals surface area contributed by atoms with E-state index in [2.05, 4.69) is 32.8 Å². The number of aromatic nitrogens is 5. The minimum absolute atomic E-state index is 0.132. The number of amides is 1. The lowest BCUT2D eigenvalue weighted by Gasteiger charge is -2.27. The Morgan fingerprint density at radius 2 is 2.00 bits per heavy atom. The summed E-state index contributed by atoms with van der Waals surface area (Å²) in [5, 5.41) is 19.9. The number of carbonyl (C=O) groups is 1. The molecule has 0 bridgehead atoms. The van der Waals surface area contributed by atoms with Gasteiger partial charge in [0, 0.05) is 24.1 Å². The standard InChI is InChI=1S/C20H24N6O2/c1-2-6-17-13-18(24-28-17)20(27)21-15-9-11-16(12-10-15)26-23-19(22-25-26)14-7-4-3-5-8-14/h3-5,7-8,13,15-16H,2,6,9-12H2,1H3,(H,21,27). The van der Waals surface area contributed by atoms with Crippen LogP contribution in [0.4, 0.5) is 0 Å². The van der Waals surface area contributed by atoms with E-state index in [4.69, 9.17) is 4.52 Å². The second-order valence-corrected chi connectivity index (χ2v) is 7.21. The third-order valence-electron chi connectivity index (χ3n) is 5.11. The second kappa shape index (κ2) is 8.33. The topological polar surface area (TPSA) is 98.7 Å². The highest BCUT2D eigenvalue weighted by atomic mass is 16.5. The number of hydrogen-bond donors (Lipinski definition) is 1. The van der Waals surface area contributed by atoms with Gasteiger partial charge >= 0.3 is 0 Å². The Hall–Kier alpha value is -3.03. The van der Waals surface area contributed by atoms with Crippen LogP contribution in [0.15, 0.2) is 40.9 Å². The van der Waals surface area contributed by atoms with E-state index < -0.39 is 0 Å². The summed E-state index contributed by atoms with van der Waals surface area (Å²) in [7, 11) is 0. The van der Waals surface area contributed by atoms with Gasteiger partial charge in [0.1, 0.15) is 5.76 Å². The molecule has 2 aromatic heterocycles. The fourth-order valence-corrected chi connectivity index (χ4v) is 3.58. The molecular weight excluding hydrogens is 356 g/mol. The summed E-state index contributed by atoms with van der Waals surface area (Å²) in [5.74, 6) is 1.23. The highest BCUT2D eigenvalue weighted by Crippen LogP contribution is 2.28. The zero-order valence-corrected chi connectivity index (χ0v) is 15.9. The molecule has 2 heterocycles. The molecule has 28 heavy (non-hydrogen) atoms. The van der Waals surface area contributed by atoms with Gasteiger partial charge in [-0.2, -0.15) is 4.80 Å². The molecule has 1 fully saturated rings. The number of carbonyl (C=O) groups excluding carboxylic acids is 1.